The maximum Gasteiger partial charge on any atom is 0.153 e. The highest BCUT2D eigenvalue weighted by molar-refractivity contribution is 5.93. The zero-order chi connectivity index (χ0) is 14.6. The summed E-state index contributed by atoms with van der Waals surface area (Å²) in [5.74, 6) is 0.930. The number of aryl methyl sites for hydroxylation is 2. The van der Waals surface area contributed by atoms with Crippen LogP contribution in [0.3, 0.4) is 0 Å². The zero-order valence-electron chi connectivity index (χ0n) is 11.1. The molecule has 1 aromatic heterocycles. The standard InChI is InChI=1S/C17H11NO3/c18-8-10-5-12(20)7-15-13-4-2-9-1-3-11(19)6-14(9)17(13)21-16(10)15/h1,3,5-7,19-20H,2,4H2. The lowest BCUT2D eigenvalue weighted by atomic mass is 9.89. The van der Waals surface area contributed by atoms with Crippen LogP contribution in [0.4, 0.5) is 0 Å². The van der Waals surface area contributed by atoms with Gasteiger partial charge < -0.3 is 14.6 Å². The maximum atomic E-state index is 9.77. The fourth-order valence-corrected chi connectivity index (χ4v) is 3.04. The molecule has 21 heavy (non-hydrogen) atoms. The van der Waals surface area contributed by atoms with Crippen molar-refractivity contribution in [2.45, 2.75) is 12.8 Å². The van der Waals surface area contributed by atoms with Gasteiger partial charge in [-0.1, -0.05) is 6.07 Å². The van der Waals surface area contributed by atoms with Crippen molar-refractivity contribution >= 4 is 11.0 Å². The van der Waals surface area contributed by atoms with E-state index in [2.05, 4.69) is 6.07 Å². The van der Waals surface area contributed by atoms with Crippen molar-refractivity contribution in [1.82, 2.24) is 0 Å². The summed E-state index contributed by atoms with van der Waals surface area (Å²) in [4.78, 5) is 0. The number of nitrogens with zero attached hydrogens (tertiary/aromatic N) is 1. The van der Waals surface area contributed by atoms with E-state index in [4.69, 9.17) is 4.42 Å². The molecule has 4 nitrogen and oxygen atoms in total. The van der Waals surface area contributed by atoms with Crippen LogP contribution < -0.4 is 0 Å². The molecule has 3 aromatic rings. The highest BCUT2D eigenvalue weighted by atomic mass is 16.3. The predicted octanol–water partition coefficient (Wildman–Crippen LogP) is 3.48. The van der Waals surface area contributed by atoms with Crippen molar-refractivity contribution in [3.8, 4) is 28.9 Å². The Hall–Kier alpha value is -2.93. The van der Waals surface area contributed by atoms with E-state index in [9.17, 15) is 15.5 Å². The molecule has 2 aromatic carbocycles. The molecule has 1 heterocycles. The van der Waals surface area contributed by atoms with Gasteiger partial charge in [0.05, 0.1) is 5.56 Å². The van der Waals surface area contributed by atoms with Gasteiger partial charge >= 0.3 is 0 Å². The summed E-state index contributed by atoms with van der Waals surface area (Å²) in [5.41, 5.74) is 3.77. The lowest BCUT2D eigenvalue weighted by molar-refractivity contribution is 0.474. The molecular weight excluding hydrogens is 266 g/mol. The topological polar surface area (TPSA) is 77.4 Å². The molecule has 0 aliphatic heterocycles. The van der Waals surface area contributed by atoms with E-state index in [1.54, 1.807) is 18.2 Å². The van der Waals surface area contributed by atoms with Gasteiger partial charge in [0.15, 0.2) is 5.58 Å². The molecule has 0 fully saturated rings. The Kier molecular flexibility index (Phi) is 2.28. The van der Waals surface area contributed by atoms with E-state index in [0.717, 1.165) is 34.9 Å². The molecule has 0 saturated heterocycles. The zero-order valence-corrected chi connectivity index (χ0v) is 11.1. The predicted molar refractivity (Wildman–Crippen MR) is 77.1 cm³/mol. The first-order valence-corrected chi connectivity index (χ1v) is 6.68. The van der Waals surface area contributed by atoms with E-state index >= 15 is 0 Å². The van der Waals surface area contributed by atoms with E-state index in [-0.39, 0.29) is 11.5 Å². The molecule has 102 valence electrons. The Morgan fingerprint density at radius 3 is 2.71 bits per heavy atom. The summed E-state index contributed by atoms with van der Waals surface area (Å²) >= 11 is 0. The van der Waals surface area contributed by atoms with Crippen LogP contribution in [0.15, 0.2) is 34.7 Å². The molecule has 0 bridgehead atoms. The summed E-state index contributed by atoms with van der Waals surface area (Å²) in [5, 5.41) is 29.4. The third kappa shape index (κ3) is 1.61. The smallest absolute Gasteiger partial charge is 0.153 e. The lowest BCUT2D eigenvalue weighted by Gasteiger charge is -2.15. The minimum atomic E-state index is 0.0596. The van der Waals surface area contributed by atoms with Crippen LogP contribution in [0.5, 0.6) is 11.5 Å². The van der Waals surface area contributed by atoms with Gasteiger partial charge in [-0.15, -0.1) is 0 Å². The molecule has 1 aliphatic carbocycles. The first-order chi connectivity index (χ1) is 10.2. The summed E-state index contributed by atoms with van der Waals surface area (Å²) in [7, 11) is 0. The minimum Gasteiger partial charge on any atom is -0.508 e. The van der Waals surface area contributed by atoms with Crippen LogP contribution >= 0.6 is 0 Å². The monoisotopic (exact) mass is 277 g/mol. The van der Waals surface area contributed by atoms with Crippen LogP contribution in [0.2, 0.25) is 0 Å². The molecule has 0 unspecified atom stereocenters. The number of phenols is 2. The molecule has 2 N–H and O–H groups in total. The van der Waals surface area contributed by atoms with Gasteiger partial charge in [-0.25, -0.2) is 0 Å². The Morgan fingerprint density at radius 2 is 1.90 bits per heavy atom. The normalized spacial score (nSPS) is 12.7. The molecule has 4 heteroatoms. The Bertz CT molecular complexity index is 931. The highest BCUT2D eigenvalue weighted by Gasteiger charge is 2.24. The third-order valence-corrected chi connectivity index (χ3v) is 3.98. The minimum absolute atomic E-state index is 0.0596. The van der Waals surface area contributed by atoms with Gasteiger partial charge in [-0.05, 0) is 36.6 Å². The summed E-state index contributed by atoms with van der Waals surface area (Å²) in [6, 6.07) is 10.3. The van der Waals surface area contributed by atoms with E-state index in [0.29, 0.717) is 16.9 Å². The number of furan rings is 1. The van der Waals surface area contributed by atoms with Gasteiger partial charge in [0.1, 0.15) is 23.3 Å². The van der Waals surface area contributed by atoms with Crippen molar-refractivity contribution in [1.29, 1.82) is 5.26 Å². The van der Waals surface area contributed by atoms with E-state index < -0.39 is 0 Å². The van der Waals surface area contributed by atoms with Crippen molar-refractivity contribution in [3.63, 3.8) is 0 Å². The summed E-state index contributed by atoms with van der Waals surface area (Å²) in [6.45, 7) is 0. The van der Waals surface area contributed by atoms with Gasteiger partial charge in [0, 0.05) is 22.6 Å². The number of phenolic OH excluding ortho intramolecular Hbond substituents is 2. The number of rotatable bonds is 0. The quantitative estimate of drug-likeness (QED) is 0.659. The van der Waals surface area contributed by atoms with Crippen LogP contribution in [0.1, 0.15) is 16.7 Å². The number of benzene rings is 2. The molecule has 0 radical (unpaired) electrons. The number of hydrogen-bond acceptors (Lipinski definition) is 4. The van der Waals surface area contributed by atoms with Gasteiger partial charge in [-0.3, -0.25) is 0 Å². The molecule has 0 spiro atoms. The second-order valence-corrected chi connectivity index (χ2v) is 5.23. The van der Waals surface area contributed by atoms with Gasteiger partial charge in [-0.2, -0.15) is 5.26 Å². The van der Waals surface area contributed by atoms with Crippen molar-refractivity contribution in [2.24, 2.45) is 0 Å². The average molecular weight is 277 g/mol. The molecular formula is C17H11NO3. The van der Waals surface area contributed by atoms with Crippen molar-refractivity contribution in [3.05, 3.63) is 47.0 Å². The number of nitriles is 1. The van der Waals surface area contributed by atoms with Gasteiger partial charge in [0.2, 0.25) is 0 Å². The number of fused-ring (bicyclic) bond motifs is 5. The van der Waals surface area contributed by atoms with E-state index in [1.165, 1.54) is 6.07 Å². The van der Waals surface area contributed by atoms with Gasteiger partial charge in [0.25, 0.3) is 0 Å². The van der Waals surface area contributed by atoms with Crippen LogP contribution in [0, 0.1) is 11.3 Å². The SMILES string of the molecule is N#Cc1cc(O)cc2c3c(oc12)-c1cc(O)ccc1CC3. The number of aromatic hydroxyl groups is 2. The Labute approximate surface area is 120 Å². The molecule has 0 atom stereocenters. The Balaban J connectivity index is 2.10. The summed E-state index contributed by atoms with van der Waals surface area (Å²) in [6.07, 6.45) is 1.63. The fraction of sp³-hybridized carbons (Fsp3) is 0.118. The van der Waals surface area contributed by atoms with Crippen LogP contribution in [-0.2, 0) is 12.8 Å². The van der Waals surface area contributed by atoms with Crippen LogP contribution in [0.25, 0.3) is 22.3 Å². The Morgan fingerprint density at radius 1 is 1.05 bits per heavy atom. The van der Waals surface area contributed by atoms with Crippen molar-refractivity contribution < 1.29 is 14.6 Å². The van der Waals surface area contributed by atoms with Crippen molar-refractivity contribution in [2.75, 3.05) is 0 Å². The number of hydrogen-bond donors (Lipinski definition) is 2. The molecule has 4 rings (SSSR count). The highest BCUT2D eigenvalue weighted by Crippen LogP contribution is 2.42. The average Bonchev–Trinajstić information content (AvgIpc) is 2.85. The van der Waals surface area contributed by atoms with Crippen LogP contribution in [-0.4, -0.2) is 10.2 Å². The van der Waals surface area contributed by atoms with E-state index in [1.807, 2.05) is 6.07 Å². The second-order valence-electron chi connectivity index (χ2n) is 5.23. The molecule has 0 amide bonds. The fourth-order valence-electron chi connectivity index (χ4n) is 3.04. The molecule has 1 aliphatic rings. The largest absolute Gasteiger partial charge is 0.508 e. The second kappa shape index (κ2) is 4.03. The molecule has 0 saturated carbocycles. The lowest BCUT2D eigenvalue weighted by Crippen LogP contribution is -2.01. The third-order valence-electron chi connectivity index (χ3n) is 3.98. The first-order valence-electron chi connectivity index (χ1n) is 6.68. The maximum absolute atomic E-state index is 9.77. The first kappa shape index (κ1) is 11.9. The summed E-state index contributed by atoms with van der Waals surface area (Å²) < 4.78 is 5.90.